The van der Waals surface area contributed by atoms with Crippen molar-refractivity contribution in [3.63, 3.8) is 0 Å². The first-order valence-corrected chi connectivity index (χ1v) is 24.4. The van der Waals surface area contributed by atoms with Crippen LogP contribution in [0.15, 0.2) is 85.1 Å². The third-order valence-electron chi connectivity index (χ3n) is 10.6. The summed E-state index contributed by atoms with van der Waals surface area (Å²) >= 11 is 0. The molecule has 0 aliphatic heterocycles. The van der Waals surface area contributed by atoms with Crippen molar-refractivity contribution in [1.82, 2.24) is 5.32 Å². The highest BCUT2D eigenvalue weighted by molar-refractivity contribution is 5.77. The molecule has 0 saturated heterocycles. The molecule has 0 aromatic rings. The smallest absolute Gasteiger partial charge is 0.306 e. The van der Waals surface area contributed by atoms with Crippen LogP contribution in [0.1, 0.15) is 213 Å². The molecule has 338 valence electrons. The van der Waals surface area contributed by atoms with Crippen LogP contribution in [0.4, 0.5) is 0 Å². The summed E-state index contributed by atoms with van der Waals surface area (Å²) in [6.45, 7) is 6.20. The average Bonchev–Trinajstić information content (AvgIpc) is 3.23. The van der Waals surface area contributed by atoms with Crippen LogP contribution in [0, 0.1) is 0 Å². The van der Waals surface area contributed by atoms with E-state index in [-0.39, 0.29) is 24.9 Å². The number of ether oxygens (including phenoxy) is 1. The molecule has 0 bridgehead atoms. The van der Waals surface area contributed by atoms with E-state index in [0.29, 0.717) is 19.3 Å². The fourth-order valence-corrected chi connectivity index (χ4v) is 6.92. The monoisotopic (exact) mass is 822 g/mol. The van der Waals surface area contributed by atoms with Crippen molar-refractivity contribution < 1.29 is 24.5 Å². The number of rotatable bonds is 42. The second kappa shape index (κ2) is 46.1. The first kappa shape index (κ1) is 56.0. The van der Waals surface area contributed by atoms with E-state index in [0.717, 1.165) is 103 Å². The van der Waals surface area contributed by atoms with Crippen molar-refractivity contribution >= 4 is 11.9 Å². The molecule has 6 nitrogen and oxygen atoms in total. The zero-order chi connectivity index (χ0) is 43.1. The highest BCUT2D eigenvalue weighted by Crippen LogP contribution is 2.17. The largest absolute Gasteiger partial charge is 0.462 e. The lowest BCUT2D eigenvalue weighted by molar-refractivity contribution is -0.151. The van der Waals surface area contributed by atoms with Gasteiger partial charge in [0.25, 0.3) is 0 Å². The molecule has 0 radical (unpaired) electrons. The first-order valence-electron chi connectivity index (χ1n) is 24.4. The number of aliphatic hydroxyl groups is 2. The number of allylic oxidation sites excluding steroid dienone is 14. The molecule has 59 heavy (non-hydrogen) atoms. The zero-order valence-electron chi connectivity index (χ0n) is 38.4. The molecule has 0 aromatic heterocycles. The molecule has 0 saturated carbocycles. The van der Waals surface area contributed by atoms with Crippen LogP contribution in [0.25, 0.3) is 0 Å². The normalized spacial score (nSPS) is 14.1. The lowest BCUT2D eigenvalue weighted by Crippen LogP contribution is -2.46. The standard InChI is InChI=1S/C53H91NO5/c1-4-7-10-13-16-19-22-25-26-28-31-34-37-40-43-46-53(58)59-49(44-41-38-35-32-29-24-21-18-15-12-9-6-3)47-52(57)54-50(48-55)51(56)45-42-39-36-33-30-27-23-20-17-14-11-8-5-2/h7,9-10,12-13,16,18-19,21-22,25-26,29,32,49-51,55-56H,4-6,8,11,14-15,17,20,23-24,27-28,30-31,33-48H2,1-3H3,(H,54,57)/b10-7+,12-9+,16-13+,21-18+,22-19+,26-25-,32-29+. The third-order valence-corrected chi connectivity index (χ3v) is 10.6. The van der Waals surface area contributed by atoms with Crippen molar-refractivity contribution in [3.05, 3.63) is 85.1 Å². The van der Waals surface area contributed by atoms with Gasteiger partial charge in [-0.05, 0) is 77.0 Å². The van der Waals surface area contributed by atoms with Gasteiger partial charge in [0.2, 0.25) is 5.91 Å². The van der Waals surface area contributed by atoms with Crippen molar-refractivity contribution in [2.45, 2.75) is 232 Å². The fraction of sp³-hybridized carbons (Fsp3) is 0.698. The van der Waals surface area contributed by atoms with E-state index in [1.807, 2.05) is 18.2 Å². The van der Waals surface area contributed by atoms with Gasteiger partial charge < -0.3 is 20.3 Å². The summed E-state index contributed by atoms with van der Waals surface area (Å²) in [4.78, 5) is 26.1. The van der Waals surface area contributed by atoms with Crippen LogP contribution in [-0.4, -0.2) is 46.9 Å². The van der Waals surface area contributed by atoms with Gasteiger partial charge in [-0.3, -0.25) is 9.59 Å². The molecule has 3 unspecified atom stereocenters. The molecule has 0 aliphatic carbocycles. The summed E-state index contributed by atoms with van der Waals surface area (Å²) < 4.78 is 5.89. The molecule has 0 rings (SSSR count). The van der Waals surface area contributed by atoms with E-state index >= 15 is 0 Å². The SMILES string of the molecule is CC/C=C/C=C/C=C/C=C\CCCCCCCC(=O)OC(CCCC/C=C/C/C=C/C/C=C/CC)CC(=O)NC(CO)C(O)CCCCCCCCCCCCCCC. The van der Waals surface area contributed by atoms with Crippen LogP contribution < -0.4 is 5.32 Å². The van der Waals surface area contributed by atoms with Gasteiger partial charge in [-0.2, -0.15) is 0 Å². The van der Waals surface area contributed by atoms with E-state index in [9.17, 15) is 19.8 Å². The zero-order valence-corrected chi connectivity index (χ0v) is 38.4. The van der Waals surface area contributed by atoms with Crippen molar-refractivity contribution in [2.75, 3.05) is 6.61 Å². The van der Waals surface area contributed by atoms with Crippen molar-refractivity contribution in [2.24, 2.45) is 0 Å². The molecule has 0 fully saturated rings. The van der Waals surface area contributed by atoms with Crippen LogP contribution in [-0.2, 0) is 14.3 Å². The Kier molecular flexibility index (Phi) is 43.8. The lowest BCUT2D eigenvalue weighted by atomic mass is 10.0. The minimum absolute atomic E-state index is 0.0374. The number of hydrogen-bond acceptors (Lipinski definition) is 5. The topological polar surface area (TPSA) is 95.9 Å². The molecule has 0 heterocycles. The Labute approximate surface area is 363 Å². The number of esters is 1. The molecule has 1 amide bonds. The van der Waals surface area contributed by atoms with E-state index < -0.39 is 18.2 Å². The maximum atomic E-state index is 13.2. The lowest BCUT2D eigenvalue weighted by Gasteiger charge is -2.24. The first-order chi connectivity index (χ1) is 29.0. The molecule has 0 aromatic carbocycles. The van der Waals surface area contributed by atoms with Gasteiger partial charge in [0, 0.05) is 6.42 Å². The van der Waals surface area contributed by atoms with E-state index in [1.54, 1.807) is 0 Å². The van der Waals surface area contributed by atoms with Gasteiger partial charge in [0.05, 0.1) is 25.2 Å². The second-order valence-electron chi connectivity index (χ2n) is 16.2. The van der Waals surface area contributed by atoms with Gasteiger partial charge >= 0.3 is 5.97 Å². The summed E-state index contributed by atoms with van der Waals surface area (Å²) in [7, 11) is 0. The number of nitrogens with one attached hydrogen (secondary N) is 1. The molecule has 0 spiro atoms. The predicted molar refractivity (Wildman–Crippen MR) is 254 cm³/mol. The number of carbonyl (C=O) groups excluding carboxylic acids is 2. The summed E-state index contributed by atoms with van der Waals surface area (Å²) in [6.07, 6.45) is 59.3. The minimum atomic E-state index is -0.805. The Morgan fingerprint density at radius 2 is 1.00 bits per heavy atom. The Morgan fingerprint density at radius 3 is 1.61 bits per heavy atom. The summed E-state index contributed by atoms with van der Waals surface area (Å²) in [5, 5.41) is 23.7. The van der Waals surface area contributed by atoms with Gasteiger partial charge in [-0.25, -0.2) is 0 Å². The predicted octanol–water partition coefficient (Wildman–Crippen LogP) is 14.4. The number of aliphatic hydroxyl groups excluding tert-OH is 2. The Balaban J connectivity index is 4.67. The Bertz CT molecular complexity index is 1150. The molecule has 6 heteroatoms. The highest BCUT2D eigenvalue weighted by Gasteiger charge is 2.24. The van der Waals surface area contributed by atoms with E-state index in [1.165, 1.54) is 64.2 Å². The molecular weight excluding hydrogens is 731 g/mol. The van der Waals surface area contributed by atoms with E-state index in [4.69, 9.17) is 4.74 Å². The Morgan fingerprint density at radius 1 is 0.525 bits per heavy atom. The molecule has 3 atom stereocenters. The molecular formula is C53H91NO5. The van der Waals surface area contributed by atoms with Gasteiger partial charge in [0.1, 0.15) is 6.10 Å². The molecule has 0 aliphatic rings. The Hall–Kier alpha value is -2.96. The van der Waals surface area contributed by atoms with Crippen LogP contribution in [0.3, 0.4) is 0 Å². The summed E-state index contributed by atoms with van der Waals surface area (Å²) in [6, 6.07) is -0.722. The maximum Gasteiger partial charge on any atom is 0.306 e. The van der Waals surface area contributed by atoms with Crippen molar-refractivity contribution in [3.8, 4) is 0 Å². The van der Waals surface area contributed by atoms with E-state index in [2.05, 4.69) is 92.9 Å². The molecule has 3 N–H and O–H groups in total. The highest BCUT2D eigenvalue weighted by atomic mass is 16.5. The fourth-order valence-electron chi connectivity index (χ4n) is 6.92. The quantitative estimate of drug-likeness (QED) is 0.0247. The number of hydrogen-bond donors (Lipinski definition) is 3. The minimum Gasteiger partial charge on any atom is -0.462 e. The van der Waals surface area contributed by atoms with Crippen LogP contribution in [0.5, 0.6) is 0 Å². The third kappa shape index (κ3) is 41.6. The van der Waals surface area contributed by atoms with Gasteiger partial charge in [-0.15, -0.1) is 0 Å². The van der Waals surface area contributed by atoms with Crippen LogP contribution in [0.2, 0.25) is 0 Å². The maximum absolute atomic E-state index is 13.2. The summed E-state index contributed by atoms with van der Waals surface area (Å²) in [5.41, 5.74) is 0. The average molecular weight is 822 g/mol. The van der Waals surface area contributed by atoms with Gasteiger partial charge in [0.15, 0.2) is 0 Å². The summed E-state index contributed by atoms with van der Waals surface area (Å²) in [5.74, 6) is -0.546. The van der Waals surface area contributed by atoms with Crippen molar-refractivity contribution in [1.29, 1.82) is 0 Å². The number of unbranched alkanes of at least 4 members (excludes halogenated alkanes) is 19. The van der Waals surface area contributed by atoms with Gasteiger partial charge in [-0.1, -0.05) is 209 Å². The van der Waals surface area contributed by atoms with Crippen LogP contribution >= 0.6 is 0 Å². The number of carbonyl (C=O) groups is 2. The number of amides is 1. The second-order valence-corrected chi connectivity index (χ2v) is 16.2.